The maximum atomic E-state index is 13.8. The molecule has 0 saturated heterocycles. The van der Waals surface area contributed by atoms with E-state index in [1.54, 1.807) is 30.3 Å². The number of hydrogen-bond donors (Lipinski definition) is 1. The molecule has 2 rings (SSSR count). The number of aliphatic hydroxyl groups is 1. The lowest BCUT2D eigenvalue weighted by Gasteiger charge is -2.11. The fourth-order valence-electron chi connectivity index (χ4n) is 1.69. The van der Waals surface area contributed by atoms with E-state index in [1.165, 1.54) is 6.07 Å². The second kappa shape index (κ2) is 5.05. The zero-order chi connectivity index (χ0) is 12.4. The Kier molecular flexibility index (Phi) is 3.67. The van der Waals surface area contributed by atoms with Crippen LogP contribution in [0.4, 0.5) is 4.39 Å². The topological polar surface area (TPSA) is 20.2 Å². The summed E-state index contributed by atoms with van der Waals surface area (Å²) in [5.74, 6) is -0.430. The van der Waals surface area contributed by atoms with Gasteiger partial charge in [-0.05, 0) is 29.8 Å². The van der Waals surface area contributed by atoms with Crippen LogP contribution in [0.3, 0.4) is 0 Å². The molecular weight excluding hydrogens is 262 g/mol. The van der Waals surface area contributed by atoms with Gasteiger partial charge in [0.25, 0.3) is 0 Å². The maximum Gasteiger partial charge on any atom is 0.131 e. The summed E-state index contributed by atoms with van der Waals surface area (Å²) in [6, 6.07) is 9.34. The molecule has 1 nitrogen and oxygen atoms in total. The lowest BCUT2D eigenvalue weighted by Crippen LogP contribution is -1.94. The van der Waals surface area contributed by atoms with Crippen molar-refractivity contribution in [3.63, 3.8) is 0 Å². The summed E-state index contributed by atoms with van der Waals surface area (Å²) < 4.78 is 13.8. The third kappa shape index (κ3) is 2.44. The zero-order valence-electron chi connectivity index (χ0n) is 8.75. The maximum absolute atomic E-state index is 13.8. The van der Waals surface area contributed by atoms with Gasteiger partial charge in [-0.3, -0.25) is 0 Å². The summed E-state index contributed by atoms with van der Waals surface area (Å²) in [6.07, 6.45) is 0. The first-order valence-corrected chi connectivity index (χ1v) is 5.72. The molecule has 0 unspecified atom stereocenters. The summed E-state index contributed by atoms with van der Waals surface area (Å²) in [5, 5.41) is 10.1. The van der Waals surface area contributed by atoms with Crippen molar-refractivity contribution in [2.24, 2.45) is 0 Å². The Balaban J connectivity index is 2.71. The van der Waals surface area contributed by atoms with Crippen LogP contribution in [0.25, 0.3) is 11.1 Å². The molecule has 0 fully saturated rings. The molecule has 0 aromatic heterocycles. The van der Waals surface area contributed by atoms with Crippen molar-refractivity contribution in [1.29, 1.82) is 0 Å². The van der Waals surface area contributed by atoms with Crippen LogP contribution in [0.1, 0.15) is 5.56 Å². The van der Waals surface area contributed by atoms with Crippen LogP contribution in [0.5, 0.6) is 0 Å². The fraction of sp³-hybridized carbons (Fsp3) is 0.0769. The second-order valence-corrected chi connectivity index (χ2v) is 4.40. The van der Waals surface area contributed by atoms with E-state index in [1.807, 2.05) is 0 Å². The van der Waals surface area contributed by atoms with E-state index in [0.29, 0.717) is 26.7 Å². The van der Waals surface area contributed by atoms with Gasteiger partial charge in [-0.2, -0.15) is 0 Å². The molecule has 0 aliphatic carbocycles. The predicted octanol–water partition coefficient (Wildman–Crippen LogP) is 4.29. The van der Waals surface area contributed by atoms with E-state index in [4.69, 9.17) is 23.2 Å². The summed E-state index contributed by atoms with van der Waals surface area (Å²) in [7, 11) is 0. The number of hydrogen-bond acceptors (Lipinski definition) is 1. The molecule has 4 heteroatoms. The highest BCUT2D eigenvalue weighted by Gasteiger charge is 2.13. The van der Waals surface area contributed by atoms with Crippen molar-refractivity contribution in [2.75, 3.05) is 0 Å². The summed E-state index contributed by atoms with van der Waals surface area (Å²) >= 11 is 11.9. The Morgan fingerprint density at radius 3 is 2.59 bits per heavy atom. The van der Waals surface area contributed by atoms with Crippen molar-refractivity contribution in [3.8, 4) is 11.1 Å². The normalized spacial score (nSPS) is 10.6. The van der Waals surface area contributed by atoms with Gasteiger partial charge in [-0.1, -0.05) is 35.3 Å². The molecule has 0 saturated carbocycles. The largest absolute Gasteiger partial charge is 0.392 e. The van der Waals surface area contributed by atoms with Gasteiger partial charge in [0.2, 0.25) is 0 Å². The van der Waals surface area contributed by atoms with Crippen molar-refractivity contribution in [3.05, 3.63) is 57.8 Å². The average molecular weight is 271 g/mol. The van der Waals surface area contributed by atoms with Gasteiger partial charge < -0.3 is 5.11 Å². The highest BCUT2D eigenvalue weighted by molar-refractivity contribution is 6.35. The van der Waals surface area contributed by atoms with E-state index in [2.05, 4.69) is 0 Å². The smallest absolute Gasteiger partial charge is 0.131 e. The number of aliphatic hydroxyl groups excluding tert-OH is 1. The third-order valence-corrected chi connectivity index (χ3v) is 3.03. The van der Waals surface area contributed by atoms with E-state index >= 15 is 0 Å². The minimum absolute atomic E-state index is 0.254. The SMILES string of the molecule is OCc1cccc(F)c1-c1cc(Cl)ccc1Cl. The van der Waals surface area contributed by atoms with Crippen LogP contribution in [0.15, 0.2) is 36.4 Å². The van der Waals surface area contributed by atoms with Crippen LogP contribution < -0.4 is 0 Å². The van der Waals surface area contributed by atoms with Crippen LogP contribution in [0.2, 0.25) is 10.0 Å². The Hall–Kier alpha value is -1.09. The molecule has 0 bridgehead atoms. The van der Waals surface area contributed by atoms with E-state index in [-0.39, 0.29) is 6.61 Å². The molecule has 2 aromatic rings. The van der Waals surface area contributed by atoms with Gasteiger partial charge in [0.15, 0.2) is 0 Å². The van der Waals surface area contributed by atoms with Crippen molar-refractivity contribution in [2.45, 2.75) is 6.61 Å². The van der Waals surface area contributed by atoms with Gasteiger partial charge in [-0.15, -0.1) is 0 Å². The Bertz CT molecular complexity index is 555. The first-order valence-electron chi connectivity index (χ1n) is 4.97. The van der Waals surface area contributed by atoms with Crippen LogP contribution in [-0.2, 0) is 6.61 Å². The Labute approximate surface area is 108 Å². The molecule has 0 atom stereocenters. The minimum Gasteiger partial charge on any atom is -0.392 e. The zero-order valence-corrected chi connectivity index (χ0v) is 10.3. The third-order valence-electron chi connectivity index (χ3n) is 2.47. The van der Waals surface area contributed by atoms with Gasteiger partial charge >= 0.3 is 0 Å². The van der Waals surface area contributed by atoms with E-state index in [9.17, 15) is 9.50 Å². The van der Waals surface area contributed by atoms with Gasteiger partial charge in [0.1, 0.15) is 5.82 Å². The highest BCUT2D eigenvalue weighted by atomic mass is 35.5. The molecule has 88 valence electrons. The Morgan fingerprint density at radius 1 is 1.12 bits per heavy atom. The number of halogens is 3. The lowest BCUT2D eigenvalue weighted by molar-refractivity contribution is 0.282. The highest BCUT2D eigenvalue weighted by Crippen LogP contribution is 2.34. The standard InChI is InChI=1S/C13H9Cl2FO/c14-9-4-5-11(15)10(6-9)13-8(7-17)2-1-3-12(13)16/h1-6,17H,7H2. The van der Waals surface area contributed by atoms with E-state index < -0.39 is 5.82 Å². The number of benzene rings is 2. The molecule has 2 aromatic carbocycles. The summed E-state index contributed by atoms with van der Waals surface area (Å²) in [6.45, 7) is -0.254. The molecule has 0 heterocycles. The molecule has 1 N–H and O–H groups in total. The molecule has 0 radical (unpaired) electrons. The Morgan fingerprint density at radius 2 is 1.88 bits per heavy atom. The van der Waals surface area contributed by atoms with Crippen molar-refractivity contribution >= 4 is 23.2 Å². The monoisotopic (exact) mass is 270 g/mol. The van der Waals surface area contributed by atoms with E-state index in [0.717, 1.165) is 0 Å². The summed E-state index contributed by atoms with van der Waals surface area (Å²) in [5.41, 5.74) is 1.26. The average Bonchev–Trinajstić information content (AvgIpc) is 2.32. The van der Waals surface area contributed by atoms with Gasteiger partial charge in [0, 0.05) is 21.2 Å². The molecule has 17 heavy (non-hydrogen) atoms. The fourth-order valence-corrected chi connectivity index (χ4v) is 2.08. The van der Waals surface area contributed by atoms with Gasteiger partial charge in [0.05, 0.1) is 6.61 Å². The number of rotatable bonds is 2. The first kappa shape index (κ1) is 12.4. The molecule has 0 aliphatic rings. The second-order valence-electron chi connectivity index (χ2n) is 3.56. The molecular formula is C13H9Cl2FO. The lowest BCUT2D eigenvalue weighted by atomic mass is 9.99. The van der Waals surface area contributed by atoms with Crippen molar-refractivity contribution < 1.29 is 9.50 Å². The van der Waals surface area contributed by atoms with Gasteiger partial charge in [-0.25, -0.2) is 4.39 Å². The quantitative estimate of drug-likeness (QED) is 0.863. The molecule has 0 amide bonds. The predicted molar refractivity (Wildman–Crippen MR) is 67.8 cm³/mol. The first-order chi connectivity index (χ1) is 8.13. The summed E-state index contributed by atoms with van der Waals surface area (Å²) in [4.78, 5) is 0. The molecule has 0 spiro atoms. The minimum atomic E-state index is -0.430. The van der Waals surface area contributed by atoms with Crippen molar-refractivity contribution in [1.82, 2.24) is 0 Å². The molecule has 0 aliphatic heterocycles. The van der Waals surface area contributed by atoms with Crippen LogP contribution in [0, 0.1) is 5.82 Å². The van der Waals surface area contributed by atoms with Crippen LogP contribution in [-0.4, -0.2) is 5.11 Å². The van der Waals surface area contributed by atoms with Crippen LogP contribution >= 0.6 is 23.2 Å².